The maximum absolute atomic E-state index is 11.8. The van der Waals surface area contributed by atoms with Crippen molar-refractivity contribution in [1.82, 2.24) is 5.32 Å². The Hall–Kier alpha value is -3.44. The summed E-state index contributed by atoms with van der Waals surface area (Å²) in [5, 5.41) is 14.0. The Bertz CT molecular complexity index is 1090. The number of phenolic OH excluding ortho intramolecular Hbond substituents is 1. The summed E-state index contributed by atoms with van der Waals surface area (Å²) in [6, 6.07) is 23.1. The van der Waals surface area contributed by atoms with Crippen LogP contribution >= 0.6 is 0 Å². The van der Waals surface area contributed by atoms with Gasteiger partial charge in [-0.15, -0.1) is 0 Å². The summed E-state index contributed by atoms with van der Waals surface area (Å²) in [6.45, 7) is 2.14. The molecule has 1 aliphatic rings. The summed E-state index contributed by atoms with van der Waals surface area (Å²) in [5.74, 6) is -0.0992. The van der Waals surface area contributed by atoms with Crippen molar-refractivity contribution in [2.45, 2.75) is 32.0 Å². The third-order valence-electron chi connectivity index (χ3n) is 5.70. The van der Waals surface area contributed by atoms with Gasteiger partial charge in [-0.05, 0) is 41.3 Å². The lowest BCUT2D eigenvalue weighted by atomic mass is 9.93. The summed E-state index contributed by atoms with van der Waals surface area (Å²) in [6.07, 6.45) is 1.36. The molecule has 0 bridgehead atoms. The van der Waals surface area contributed by atoms with Crippen LogP contribution in [0.5, 0.6) is 5.75 Å². The number of carbonyl (C=O) groups is 1. The Kier molecular flexibility index (Phi) is 6.14. The highest BCUT2D eigenvalue weighted by Crippen LogP contribution is 2.34. The Morgan fingerprint density at radius 3 is 2.42 bits per heavy atom. The predicted molar refractivity (Wildman–Crippen MR) is 121 cm³/mol. The monoisotopic (exact) mass is 414 g/mol. The van der Waals surface area contributed by atoms with Crippen LogP contribution in [0.1, 0.15) is 58.2 Å². The van der Waals surface area contributed by atoms with Crippen molar-refractivity contribution in [3.05, 3.63) is 101 Å². The van der Waals surface area contributed by atoms with Crippen LogP contribution in [0.3, 0.4) is 0 Å². The van der Waals surface area contributed by atoms with Crippen LogP contribution in [0, 0.1) is 0 Å². The van der Waals surface area contributed by atoms with Gasteiger partial charge in [0.15, 0.2) is 0 Å². The van der Waals surface area contributed by atoms with E-state index in [0.29, 0.717) is 12.0 Å². The quantitative estimate of drug-likeness (QED) is 0.579. The van der Waals surface area contributed by atoms with Gasteiger partial charge in [-0.25, -0.2) is 4.79 Å². The summed E-state index contributed by atoms with van der Waals surface area (Å²) < 4.78 is 4.79. The molecule has 0 fully saturated rings. The maximum atomic E-state index is 11.8. The van der Waals surface area contributed by atoms with E-state index in [1.165, 1.54) is 12.7 Å². The predicted octanol–water partition coefficient (Wildman–Crippen LogP) is 4.96. The SMILES string of the molecule is CCc1ccc(C2=N[C@@H](c3ccc(C(=O)OC)cc3)N[C@@H](c3ccccc3O)C2)cc1. The highest BCUT2D eigenvalue weighted by molar-refractivity contribution is 6.01. The number of nitrogens with zero attached hydrogens (tertiary/aromatic N) is 1. The first-order chi connectivity index (χ1) is 15.1. The zero-order valence-corrected chi connectivity index (χ0v) is 17.7. The van der Waals surface area contributed by atoms with Gasteiger partial charge < -0.3 is 9.84 Å². The highest BCUT2D eigenvalue weighted by atomic mass is 16.5. The van der Waals surface area contributed by atoms with Gasteiger partial charge >= 0.3 is 5.97 Å². The fourth-order valence-corrected chi connectivity index (χ4v) is 3.89. The van der Waals surface area contributed by atoms with Crippen LogP contribution in [-0.4, -0.2) is 23.9 Å². The molecule has 31 heavy (non-hydrogen) atoms. The second-order valence-electron chi connectivity index (χ2n) is 7.62. The standard InChI is InChI=1S/C26H26N2O3/c1-3-17-8-10-18(11-9-17)22-16-23(21-6-4-5-7-24(21)29)28-25(27-22)19-12-14-20(15-13-19)26(30)31-2/h4-15,23,25,28-29H,3,16H2,1-2H3/t23-,25-/m1/s1. The molecular weight excluding hydrogens is 388 g/mol. The number of ether oxygens (including phenoxy) is 1. The molecule has 0 spiro atoms. The Morgan fingerprint density at radius 2 is 1.77 bits per heavy atom. The smallest absolute Gasteiger partial charge is 0.337 e. The van der Waals surface area contributed by atoms with Crippen LogP contribution < -0.4 is 5.32 Å². The molecule has 158 valence electrons. The number of para-hydroxylation sites is 1. The number of methoxy groups -OCH3 is 1. The first kappa shape index (κ1) is 20.8. The average Bonchev–Trinajstić information content (AvgIpc) is 2.83. The zero-order chi connectivity index (χ0) is 21.8. The van der Waals surface area contributed by atoms with Gasteiger partial charge in [0.05, 0.1) is 12.7 Å². The van der Waals surface area contributed by atoms with Crippen LogP contribution in [0.4, 0.5) is 0 Å². The van der Waals surface area contributed by atoms with E-state index < -0.39 is 0 Å². The lowest BCUT2D eigenvalue weighted by Crippen LogP contribution is -2.33. The van der Waals surface area contributed by atoms with Gasteiger partial charge in [0.1, 0.15) is 11.9 Å². The molecule has 0 unspecified atom stereocenters. The number of rotatable bonds is 5. The Balaban J connectivity index is 1.71. The molecule has 5 nitrogen and oxygen atoms in total. The number of esters is 1. The number of hydrogen-bond acceptors (Lipinski definition) is 5. The lowest BCUT2D eigenvalue weighted by Gasteiger charge is -2.31. The molecule has 1 heterocycles. The molecule has 0 aliphatic carbocycles. The second-order valence-corrected chi connectivity index (χ2v) is 7.62. The minimum absolute atomic E-state index is 0.0927. The molecule has 1 aliphatic heterocycles. The van der Waals surface area contributed by atoms with Gasteiger partial charge in [0.25, 0.3) is 0 Å². The fraction of sp³-hybridized carbons (Fsp3) is 0.231. The van der Waals surface area contributed by atoms with E-state index in [0.717, 1.165) is 28.8 Å². The normalized spacial score (nSPS) is 18.3. The third kappa shape index (κ3) is 4.52. The molecule has 0 amide bonds. The van der Waals surface area contributed by atoms with Gasteiger partial charge in [-0.1, -0.05) is 61.5 Å². The molecule has 0 aromatic heterocycles. The molecule has 2 N–H and O–H groups in total. The number of benzene rings is 3. The van der Waals surface area contributed by atoms with Crippen molar-refractivity contribution < 1.29 is 14.6 Å². The molecular formula is C26H26N2O3. The average molecular weight is 415 g/mol. The molecule has 0 radical (unpaired) electrons. The highest BCUT2D eigenvalue weighted by Gasteiger charge is 2.27. The number of nitrogens with one attached hydrogen (secondary N) is 1. The van der Waals surface area contributed by atoms with E-state index in [9.17, 15) is 9.90 Å². The van der Waals surface area contributed by atoms with Gasteiger partial charge in [0.2, 0.25) is 0 Å². The fourth-order valence-electron chi connectivity index (χ4n) is 3.89. The minimum atomic E-state index is -0.365. The largest absolute Gasteiger partial charge is 0.508 e. The van der Waals surface area contributed by atoms with E-state index in [1.54, 1.807) is 18.2 Å². The van der Waals surface area contributed by atoms with E-state index in [1.807, 2.05) is 30.3 Å². The lowest BCUT2D eigenvalue weighted by molar-refractivity contribution is 0.0600. The summed E-state index contributed by atoms with van der Waals surface area (Å²) in [7, 11) is 1.37. The summed E-state index contributed by atoms with van der Waals surface area (Å²) in [4.78, 5) is 16.8. The Morgan fingerprint density at radius 1 is 1.06 bits per heavy atom. The van der Waals surface area contributed by atoms with Crippen molar-refractivity contribution in [2.24, 2.45) is 4.99 Å². The van der Waals surface area contributed by atoms with Crippen molar-refractivity contribution >= 4 is 11.7 Å². The first-order valence-electron chi connectivity index (χ1n) is 10.5. The van der Waals surface area contributed by atoms with Gasteiger partial charge in [-0.3, -0.25) is 10.3 Å². The summed E-state index contributed by atoms with van der Waals surface area (Å²) in [5.41, 5.74) is 5.63. The van der Waals surface area contributed by atoms with E-state index in [2.05, 4.69) is 36.5 Å². The number of phenols is 1. The molecule has 3 aromatic carbocycles. The number of aromatic hydroxyl groups is 1. The van der Waals surface area contributed by atoms with Crippen LogP contribution in [0.25, 0.3) is 0 Å². The van der Waals surface area contributed by atoms with Crippen LogP contribution in [0.2, 0.25) is 0 Å². The molecule has 0 saturated heterocycles. The topological polar surface area (TPSA) is 70.9 Å². The summed E-state index contributed by atoms with van der Waals surface area (Å²) >= 11 is 0. The van der Waals surface area contributed by atoms with Crippen LogP contribution in [-0.2, 0) is 11.2 Å². The van der Waals surface area contributed by atoms with Gasteiger partial charge in [-0.2, -0.15) is 0 Å². The minimum Gasteiger partial charge on any atom is -0.508 e. The van der Waals surface area contributed by atoms with Crippen molar-refractivity contribution in [2.75, 3.05) is 7.11 Å². The maximum Gasteiger partial charge on any atom is 0.337 e. The van der Waals surface area contributed by atoms with E-state index >= 15 is 0 Å². The molecule has 5 heteroatoms. The van der Waals surface area contributed by atoms with Crippen LogP contribution in [0.15, 0.2) is 77.8 Å². The third-order valence-corrected chi connectivity index (χ3v) is 5.70. The number of carbonyl (C=O) groups excluding carboxylic acids is 1. The number of aryl methyl sites for hydroxylation is 1. The Labute approximate surface area is 182 Å². The number of hydrogen-bond donors (Lipinski definition) is 2. The second kappa shape index (κ2) is 9.14. The molecule has 4 rings (SSSR count). The molecule has 0 saturated carbocycles. The van der Waals surface area contributed by atoms with E-state index in [4.69, 9.17) is 9.73 Å². The first-order valence-corrected chi connectivity index (χ1v) is 10.5. The van der Waals surface area contributed by atoms with E-state index in [-0.39, 0.29) is 23.9 Å². The zero-order valence-electron chi connectivity index (χ0n) is 17.7. The molecule has 2 atom stereocenters. The van der Waals surface area contributed by atoms with Crippen molar-refractivity contribution in [3.8, 4) is 5.75 Å². The van der Waals surface area contributed by atoms with Crippen molar-refractivity contribution in [1.29, 1.82) is 0 Å². The molecule has 3 aromatic rings. The van der Waals surface area contributed by atoms with Crippen molar-refractivity contribution in [3.63, 3.8) is 0 Å². The van der Waals surface area contributed by atoms with Gasteiger partial charge in [0, 0.05) is 23.7 Å². The number of aliphatic imine (C=N–C) groups is 1.